The van der Waals surface area contributed by atoms with Crippen LogP contribution in [0, 0.1) is 11.5 Å². The number of hydrogen-bond donors (Lipinski definition) is 1. The maximum absolute atomic E-state index is 11.5. The minimum Gasteiger partial charge on any atom is -0.267 e. The predicted octanol–water partition coefficient (Wildman–Crippen LogP) is 2.62. The second-order valence-corrected chi connectivity index (χ2v) is 5.18. The Labute approximate surface area is 99.1 Å². The van der Waals surface area contributed by atoms with E-state index in [-0.39, 0.29) is 5.91 Å². The fraction of sp³-hybridized carbons (Fsp3) is 0.500. The van der Waals surface area contributed by atoms with Crippen LogP contribution >= 0.6 is 11.3 Å². The lowest BCUT2D eigenvalue weighted by atomic mass is 10.00. The highest BCUT2D eigenvalue weighted by Gasteiger charge is 2.15. The molecule has 0 atom stereocenters. The molecule has 0 saturated heterocycles. The molecule has 84 valence electrons. The zero-order chi connectivity index (χ0) is 11.4. The number of rotatable bonds is 1. The van der Waals surface area contributed by atoms with Crippen molar-refractivity contribution in [2.75, 3.05) is 0 Å². The van der Waals surface area contributed by atoms with Gasteiger partial charge in [-0.15, -0.1) is 11.3 Å². The summed E-state index contributed by atoms with van der Waals surface area (Å²) in [6, 6.07) is 1.96. The van der Waals surface area contributed by atoms with E-state index in [1.165, 1.54) is 36.1 Å². The Morgan fingerprint density at radius 2 is 2.06 bits per heavy atom. The molecular weight excluding hydrogens is 220 g/mol. The predicted molar refractivity (Wildman–Crippen MR) is 63.3 cm³/mol. The summed E-state index contributed by atoms with van der Waals surface area (Å²) in [5.41, 5.74) is 1.31. The smallest absolute Gasteiger partial charge is 0.267 e. The van der Waals surface area contributed by atoms with Gasteiger partial charge in [-0.1, -0.05) is 12.8 Å². The molecule has 1 aliphatic rings. The number of thiophene rings is 1. The molecule has 1 aromatic heterocycles. The summed E-state index contributed by atoms with van der Waals surface area (Å²) >= 11 is 1.54. The van der Waals surface area contributed by atoms with Crippen LogP contribution in [0.3, 0.4) is 0 Å². The maximum Gasteiger partial charge on any atom is 0.274 e. The van der Waals surface area contributed by atoms with E-state index in [1.807, 2.05) is 6.07 Å². The van der Waals surface area contributed by atoms with Crippen molar-refractivity contribution in [1.82, 2.24) is 5.32 Å². The lowest BCUT2D eigenvalue weighted by Crippen LogP contribution is -2.15. The number of hydrogen-bond acceptors (Lipinski definition) is 3. The van der Waals surface area contributed by atoms with E-state index in [1.54, 1.807) is 17.5 Å². The standard InChI is InChI=1S/C12H14N2OS/c13-8-14-12(15)11-7-9-5-3-1-2-4-6-10(9)16-11/h7H,1-6H2,(H,14,15). The summed E-state index contributed by atoms with van der Waals surface area (Å²) in [6.45, 7) is 0. The first kappa shape index (κ1) is 11.2. The second-order valence-electron chi connectivity index (χ2n) is 4.04. The summed E-state index contributed by atoms with van der Waals surface area (Å²) in [7, 11) is 0. The van der Waals surface area contributed by atoms with E-state index >= 15 is 0 Å². The number of nitriles is 1. The maximum atomic E-state index is 11.5. The molecular formula is C12H14N2OS. The van der Waals surface area contributed by atoms with Gasteiger partial charge >= 0.3 is 0 Å². The summed E-state index contributed by atoms with van der Waals surface area (Å²) in [4.78, 5) is 13.5. The zero-order valence-electron chi connectivity index (χ0n) is 9.08. The van der Waals surface area contributed by atoms with Gasteiger partial charge in [0.15, 0.2) is 6.19 Å². The summed E-state index contributed by atoms with van der Waals surface area (Å²) < 4.78 is 0. The molecule has 0 aliphatic heterocycles. The first-order chi connectivity index (χ1) is 7.81. The second kappa shape index (κ2) is 5.13. The third kappa shape index (κ3) is 2.42. The van der Waals surface area contributed by atoms with Crippen molar-refractivity contribution < 1.29 is 4.79 Å². The Morgan fingerprint density at radius 3 is 2.81 bits per heavy atom. The highest BCUT2D eigenvalue weighted by molar-refractivity contribution is 7.14. The number of aryl methyl sites for hydroxylation is 2. The molecule has 2 rings (SSSR count). The van der Waals surface area contributed by atoms with E-state index < -0.39 is 0 Å². The van der Waals surface area contributed by atoms with E-state index in [9.17, 15) is 4.79 Å². The number of nitrogens with one attached hydrogen (secondary N) is 1. The molecule has 16 heavy (non-hydrogen) atoms. The van der Waals surface area contributed by atoms with Crippen molar-refractivity contribution in [1.29, 1.82) is 5.26 Å². The molecule has 0 aromatic carbocycles. The number of nitrogens with zero attached hydrogens (tertiary/aromatic N) is 1. The molecule has 0 unspecified atom stereocenters. The van der Waals surface area contributed by atoms with Crippen molar-refractivity contribution in [3.05, 3.63) is 21.4 Å². The molecule has 0 radical (unpaired) electrons. The highest BCUT2D eigenvalue weighted by Crippen LogP contribution is 2.28. The molecule has 1 aliphatic carbocycles. The average Bonchev–Trinajstić information content (AvgIpc) is 2.61. The van der Waals surface area contributed by atoms with Crippen LogP contribution < -0.4 is 5.32 Å². The molecule has 1 N–H and O–H groups in total. The number of amides is 1. The minimum atomic E-state index is -0.265. The topological polar surface area (TPSA) is 52.9 Å². The van der Waals surface area contributed by atoms with Crippen molar-refractivity contribution in [3.8, 4) is 6.19 Å². The zero-order valence-corrected chi connectivity index (χ0v) is 9.90. The average molecular weight is 234 g/mol. The van der Waals surface area contributed by atoms with Crippen LogP contribution in [-0.2, 0) is 12.8 Å². The molecule has 0 spiro atoms. The van der Waals surface area contributed by atoms with Gasteiger partial charge in [0, 0.05) is 4.88 Å². The van der Waals surface area contributed by atoms with Gasteiger partial charge in [0.2, 0.25) is 0 Å². The normalized spacial score (nSPS) is 15.4. The largest absolute Gasteiger partial charge is 0.274 e. The first-order valence-corrected chi connectivity index (χ1v) is 6.44. The molecule has 0 fully saturated rings. The lowest BCUT2D eigenvalue weighted by Gasteiger charge is -2.07. The first-order valence-electron chi connectivity index (χ1n) is 5.62. The molecule has 0 saturated carbocycles. The highest BCUT2D eigenvalue weighted by atomic mass is 32.1. The molecule has 1 amide bonds. The van der Waals surface area contributed by atoms with Crippen molar-refractivity contribution in [2.45, 2.75) is 38.5 Å². The summed E-state index contributed by atoms with van der Waals surface area (Å²) in [5, 5.41) is 10.6. The van der Waals surface area contributed by atoms with Crippen LogP contribution in [0.1, 0.15) is 45.8 Å². The van der Waals surface area contributed by atoms with Crippen molar-refractivity contribution in [2.24, 2.45) is 0 Å². The minimum absolute atomic E-state index is 0.265. The molecule has 0 bridgehead atoms. The van der Waals surface area contributed by atoms with Gasteiger partial charge in [-0.05, 0) is 37.3 Å². The van der Waals surface area contributed by atoms with Crippen LogP contribution in [0.2, 0.25) is 0 Å². The fourth-order valence-corrected chi connectivity index (χ4v) is 3.22. The van der Waals surface area contributed by atoms with E-state index in [0.717, 1.165) is 12.8 Å². The Morgan fingerprint density at radius 1 is 1.31 bits per heavy atom. The van der Waals surface area contributed by atoms with E-state index in [4.69, 9.17) is 5.26 Å². The molecule has 4 heteroatoms. The summed E-state index contributed by atoms with van der Waals surface area (Å²) in [6.07, 6.45) is 8.84. The van der Waals surface area contributed by atoms with Gasteiger partial charge in [-0.3, -0.25) is 10.1 Å². The number of fused-ring (bicyclic) bond motifs is 1. The van der Waals surface area contributed by atoms with Gasteiger partial charge in [-0.2, -0.15) is 5.26 Å². The van der Waals surface area contributed by atoms with Crippen LogP contribution in [0.25, 0.3) is 0 Å². The van der Waals surface area contributed by atoms with Crippen LogP contribution in [0.5, 0.6) is 0 Å². The van der Waals surface area contributed by atoms with Crippen LogP contribution in [0.4, 0.5) is 0 Å². The monoisotopic (exact) mass is 234 g/mol. The quantitative estimate of drug-likeness (QED) is 0.600. The third-order valence-corrected chi connectivity index (χ3v) is 4.13. The van der Waals surface area contributed by atoms with Crippen molar-refractivity contribution in [3.63, 3.8) is 0 Å². The Hall–Kier alpha value is -1.34. The summed E-state index contributed by atoms with van der Waals surface area (Å²) in [5.74, 6) is -0.265. The van der Waals surface area contributed by atoms with Gasteiger partial charge in [0.05, 0.1) is 4.88 Å². The van der Waals surface area contributed by atoms with Crippen LogP contribution in [0.15, 0.2) is 6.07 Å². The molecule has 1 aromatic rings. The van der Waals surface area contributed by atoms with Crippen molar-refractivity contribution >= 4 is 17.2 Å². The Kier molecular flexibility index (Phi) is 3.58. The Bertz CT molecular complexity index is 405. The van der Waals surface area contributed by atoms with Gasteiger partial charge < -0.3 is 0 Å². The lowest BCUT2D eigenvalue weighted by molar-refractivity contribution is 0.0977. The van der Waals surface area contributed by atoms with Gasteiger partial charge in [0.25, 0.3) is 5.91 Å². The molecule has 3 nitrogen and oxygen atoms in total. The van der Waals surface area contributed by atoms with Crippen LogP contribution in [-0.4, -0.2) is 5.91 Å². The SMILES string of the molecule is N#CNC(=O)c1cc2c(s1)CCCCCC2. The van der Waals surface area contributed by atoms with E-state index in [0.29, 0.717) is 4.88 Å². The fourth-order valence-electron chi connectivity index (χ4n) is 2.07. The van der Waals surface area contributed by atoms with Gasteiger partial charge in [-0.25, -0.2) is 0 Å². The van der Waals surface area contributed by atoms with E-state index in [2.05, 4.69) is 5.32 Å². The number of carbonyl (C=O) groups excluding carboxylic acids is 1. The number of carbonyl (C=O) groups is 1. The molecule has 1 heterocycles. The van der Waals surface area contributed by atoms with Gasteiger partial charge in [0.1, 0.15) is 0 Å². The Balaban J connectivity index is 2.21. The third-order valence-electron chi connectivity index (χ3n) is 2.89.